The first kappa shape index (κ1) is 25.8. The van der Waals surface area contributed by atoms with E-state index in [0.717, 1.165) is 24.3 Å². The quantitative estimate of drug-likeness (QED) is 0.268. The van der Waals surface area contributed by atoms with Crippen LogP contribution in [-0.4, -0.2) is 10.9 Å². The summed E-state index contributed by atoms with van der Waals surface area (Å²) in [6.45, 7) is -0.172. The Morgan fingerprint density at radius 2 is 1.47 bits per heavy atom. The van der Waals surface area contributed by atoms with E-state index in [-0.39, 0.29) is 17.7 Å². The molecule has 0 aliphatic rings. The van der Waals surface area contributed by atoms with Gasteiger partial charge in [0, 0.05) is 43.9 Å². The average molecular weight is 552 g/mol. The summed E-state index contributed by atoms with van der Waals surface area (Å²) in [5, 5.41) is 3.88. The highest BCUT2D eigenvalue weighted by Gasteiger charge is 2.30. The van der Waals surface area contributed by atoms with E-state index >= 15 is 0 Å². The Hall–Kier alpha value is -3.26. The lowest BCUT2D eigenvalue weighted by Gasteiger charge is -2.14. The molecule has 184 valence electrons. The van der Waals surface area contributed by atoms with Crippen molar-refractivity contribution in [2.75, 3.05) is 0 Å². The van der Waals surface area contributed by atoms with Crippen LogP contribution in [0, 0.1) is 0 Å². The average Bonchev–Trinajstić information content (AvgIpc) is 2.83. The summed E-state index contributed by atoms with van der Waals surface area (Å²) < 4.78 is 38.3. The van der Waals surface area contributed by atoms with Gasteiger partial charge in [-0.1, -0.05) is 53.0 Å². The van der Waals surface area contributed by atoms with Crippen LogP contribution < -0.4 is 10.9 Å². The van der Waals surface area contributed by atoms with Crippen LogP contribution in [0.1, 0.15) is 21.5 Å². The Morgan fingerprint density at radius 1 is 0.833 bits per heavy atom. The molecule has 0 saturated heterocycles. The van der Waals surface area contributed by atoms with E-state index in [1.54, 1.807) is 48.5 Å². The van der Waals surface area contributed by atoms with Crippen LogP contribution >= 0.6 is 34.8 Å². The second kappa shape index (κ2) is 10.4. The number of hydrogen-bond donors (Lipinski definition) is 2. The maximum absolute atomic E-state index is 12.9. The van der Waals surface area contributed by atoms with Crippen molar-refractivity contribution in [2.45, 2.75) is 12.7 Å². The zero-order valence-corrected chi connectivity index (χ0v) is 20.5. The molecule has 4 rings (SSSR count). The number of aromatic nitrogens is 1. The molecule has 3 aromatic carbocycles. The van der Waals surface area contributed by atoms with Gasteiger partial charge in [0.2, 0.25) is 0 Å². The Balaban J connectivity index is 1.68. The van der Waals surface area contributed by atoms with Gasteiger partial charge in [0.05, 0.1) is 11.3 Å². The van der Waals surface area contributed by atoms with Crippen molar-refractivity contribution in [1.29, 1.82) is 0 Å². The topological polar surface area (TPSA) is 62.0 Å². The van der Waals surface area contributed by atoms with Crippen molar-refractivity contribution in [3.8, 4) is 22.4 Å². The van der Waals surface area contributed by atoms with Crippen molar-refractivity contribution in [3.05, 3.63) is 115 Å². The van der Waals surface area contributed by atoms with Gasteiger partial charge in [0.15, 0.2) is 0 Å². The molecule has 4 nitrogen and oxygen atoms in total. The van der Waals surface area contributed by atoms with Crippen LogP contribution in [0.2, 0.25) is 15.1 Å². The van der Waals surface area contributed by atoms with Gasteiger partial charge in [-0.2, -0.15) is 13.2 Å². The molecule has 0 radical (unpaired) electrons. The van der Waals surface area contributed by atoms with Gasteiger partial charge in [0.1, 0.15) is 0 Å². The number of rotatable bonds is 5. The van der Waals surface area contributed by atoms with Gasteiger partial charge >= 0.3 is 6.18 Å². The largest absolute Gasteiger partial charge is 0.416 e. The van der Waals surface area contributed by atoms with Gasteiger partial charge in [-0.15, -0.1) is 0 Å². The first-order valence-corrected chi connectivity index (χ1v) is 11.6. The Morgan fingerprint density at radius 3 is 2.08 bits per heavy atom. The second-order valence-electron chi connectivity index (χ2n) is 7.80. The number of benzene rings is 3. The number of H-pyrrole nitrogens is 1. The monoisotopic (exact) mass is 550 g/mol. The summed E-state index contributed by atoms with van der Waals surface area (Å²) in [6, 6.07) is 17.2. The van der Waals surface area contributed by atoms with Gasteiger partial charge in [-0.3, -0.25) is 9.59 Å². The predicted molar refractivity (Wildman–Crippen MR) is 136 cm³/mol. The second-order valence-corrected chi connectivity index (χ2v) is 9.08. The number of amides is 1. The Labute approximate surface area is 218 Å². The minimum absolute atomic E-state index is 0.0261. The maximum Gasteiger partial charge on any atom is 0.416 e. The first-order chi connectivity index (χ1) is 17.0. The van der Waals surface area contributed by atoms with Gasteiger partial charge in [-0.25, -0.2) is 0 Å². The molecular weight excluding hydrogens is 536 g/mol. The molecule has 0 fully saturated rings. The minimum atomic E-state index is -4.51. The molecule has 1 heterocycles. The summed E-state index contributed by atoms with van der Waals surface area (Å²) >= 11 is 18.5. The van der Waals surface area contributed by atoms with Crippen molar-refractivity contribution in [1.82, 2.24) is 10.3 Å². The summed E-state index contributed by atoms with van der Waals surface area (Å²) in [5.74, 6) is -0.629. The Bertz CT molecular complexity index is 1480. The molecule has 0 aliphatic heterocycles. The molecular formula is C26H16Cl3F3N2O2. The fraction of sp³-hybridized carbons (Fsp3) is 0.0769. The minimum Gasteiger partial charge on any atom is -0.348 e. The maximum atomic E-state index is 12.9. The van der Waals surface area contributed by atoms with E-state index in [4.69, 9.17) is 34.8 Å². The third-order valence-corrected chi connectivity index (χ3v) is 6.19. The first-order valence-electron chi connectivity index (χ1n) is 10.5. The molecule has 36 heavy (non-hydrogen) atoms. The molecule has 0 saturated carbocycles. The van der Waals surface area contributed by atoms with Crippen LogP contribution in [0.25, 0.3) is 22.4 Å². The summed E-state index contributed by atoms with van der Waals surface area (Å²) in [7, 11) is 0. The number of halogens is 6. The van der Waals surface area contributed by atoms with Crippen LogP contribution in [0.5, 0.6) is 0 Å². The highest BCUT2D eigenvalue weighted by molar-refractivity contribution is 6.36. The molecule has 0 atom stereocenters. The van der Waals surface area contributed by atoms with E-state index in [2.05, 4.69) is 10.3 Å². The number of pyridine rings is 1. The predicted octanol–water partition coefficient (Wildman–Crippen LogP) is 7.62. The van der Waals surface area contributed by atoms with Crippen LogP contribution in [0.15, 0.2) is 77.6 Å². The molecule has 0 unspecified atom stereocenters. The number of alkyl halides is 3. The normalized spacial score (nSPS) is 11.4. The molecule has 0 spiro atoms. The van der Waals surface area contributed by atoms with Crippen molar-refractivity contribution >= 4 is 40.7 Å². The number of carbonyl (C=O) groups is 1. The fourth-order valence-electron chi connectivity index (χ4n) is 3.56. The summed E-state index contributed by atoms with van der Waals surface area (Å²) in [5.41, 5.74) is 1.26. The van der Waals surface area contributed by atoms with Crippen LogP contribution in [0.3, 0.4) is 0 Å². The van der Waals surface area contributed by atoms with Crippen LogP contribution in [0.4, 0.5) is 13.2 Å². The van der Waals surface area contributed by atoms with E-state index in [0.29, 0.717) is 37.5 Å². The van der Waals surface area contributed by atoms with E-state index in [1.807, 2.05) is 0 Å². The third-order valence-electron chi connectivity index (χ3n) is 5.39. The zero-order valence-electron chi connectivity index (χ0n) is 18.2. The van der Waals surface area contributed by atoms with Crippen LogP contribution in [-0.2, 0) is 12.7 Å². The molecule has 1 aromatic heterocycles. The summed E-state index contributed by atoms with van der Waals surface area (Å²) in [4.78, 5) is 28.2. The molecule has 2 N–H and O–H groups in total. The Kier molecular flexibility index (Phi) is 7.45. The SMILES string of the molecule is O=C(NCc1cc(-c2ccc(Cl)cc2Cl)c(-c2ccc(Cl)cc2)[nH]c1=O)c1ccc(C(F)(F)F)cc1. The van der Waals surface area contributed by atoms with E-state index < -0.39 is 23.2 Å². The standard InChI is InChI=1S/C26H16Cl3F3N2O2/c27-18-7-3-14(4-8-18)23-21(20-10-9-19(28)12-22(20)29)11-16(25(36)34-23)13-33-24(35)15-1-5-17(6-2-15)26(30,31)32/h1-12H,13H2,(H,33,35)(H,34,36). The number of hydrogen-bond acceptors (Lipinski definition) is 2. The third kappa shape index (κ3) is 5.75. The highest BCUT2D eigenvalue weighted by atomic mass is 35.5. The van der Waals surface area contributed by atoms with Gasteiger partial charge in [0.25, 0.3) is 11.5 Å². The number of carbonyl (C=O) groups excluding carboxylic acids is 1. The molecule has 4 aromatic rings. The summed E-state index contributed by atoms with van der Waals surface area (Å²) in [6.07, 6.45) is -4.51. The smallest absolute Gasteiger partial charge is 0.348 e. The van der Waals surface area contributed by atoms with Crippen molar-refractivity contribution in [3.63, 3.8) is 0 Å². The lowest BCUT2D eigenvalue weighted by atomic mass is 9.97. The fourth-order valence-corrected chi connectivity index (χ4v) is 4.19. The lowest BCUT2D eigenvalue weighted by Crippen LogP contribution is -2.27. The van der Waals surface area contributed by atoms with Crippen molar-refractivity contribution < 1.29 is 18.0 Å². The van der Waals surface area contributed by atoms with Crippen molar-refractivity contribution in [2.24, 2.45) is 0 Å². The molecule has 10 heteroatoms. The molecule has 0 bridgehead atoms. The number of nitrogens with one attached hydrogen (secondary N) is 2. The highest BCUT2D eigenvalue weighted by Crippen LogP contribution is 2.36. The van der Waals surface area contributed by atoms with E-state index in [9.17, 15) is 22.8 Å². The lowest BCUT2D eigenvalue weighted by molar-refractivity contribution is -0.137. The molecule has 1 amide bonds. The van der Waals surface area contributed by atoms with Gasteiger partial charge in [-0.05, 0) is 60.2 Å². The molecule has 0 aliphatic carbocycles. The number of aromatic amines is 1. The van der Waals surface area contributed by atoms with E-state index in [1.165, 1.54) is 0 Å². The zero-order chi connectivity index (χ0) is 26.0. The van der Waals surface area contributed by atoms with Gasteiger partial charge < -0.3 is 10.3 Å².